The van der Waals surface area contributed by atoms with Crippen molar-refractivity contribution >= 4 is 11.6 Å². The fraction of sp³-hybridized carbons (Fsp3) is 0.357. The molecule has 0 bridgehead atoms. The van der Waals surface area contributed by atoms with Crippen molar-refractivity contribution in [1.82, 2.24) is 9.78 Å². The van der Waals surface area contributed by atoms with Gasteiger partial charge >= 0.3 is 0 Å². The molecule has 0 amide bonds. The standard InChI is InChI=1S/C14H16ClFN2/c1-10(2)7-13-8-14(15)18(17-13)9-11-3-5-12(16)6-4-11/h3-6,8,10H,7,9H2,1-2H3. The van der Waals surface area contributed by atoms with E-state index in [0.717, 1.165) is 17.7 Å². The molecule has 0 aliphatic heterocycles. The fourth-order valence-corrected chi connectivity index (χ4v) is 2.06. The summed E-state index contributed by atoms with van der Waals surface area (Å²) in [5.74, 6) is 0.320. The van der Waals surface area contributed by atoms with E-state index in [9.17, 15) is 4.39 Å². The van der Waals surface area contributed by atoms with Crippen molar-refractivity contribution in [2.24, 2.45) is 5.92 Å². The first-order valence-electron chi connectivity index (χ1n) is 6.01. The predicted molar refractivity (Wildman–Crippen MR) is 71.3 cm³/mol. The summed E-state index contributed by atoms with van der Waals surface area (Å²) >= 11 is 6.14. The second-order valence-electron chi connectivity index (χ2n) is 4.84. The van der Waals surface area contributed by atoms with Gasteiger partial charge in [0.15, 0.2) is 0 Å². The van der Waals surface area contributed by atoms with Gasteiger partial charge in [-0.1, -0.05) is 37.6 Å². The minimum Gasteiger partial charge on any atom is -0.249 e. The minimum absolute atomic E-state index is 0.231. The van der Waals surface area contributed by atoms with Crippen LogP contribution in [-0.2, 0) is 13.0 Å². The number of hydrogen-bond donors (Lipinski definition) is 0. The van der Waals surface area contributed by atoms with Gasteiger partial charge in [0, 0.05) is 0 Å². The van der Waals surface area contributed by atoms with Crippen molar-refractivity contribution in [2.45, 2.75) is 26.8 Å². The molecule has 1 heterocycles. The molecule has 2 nitrogen and oxygen atoms in total. The van der Waals surface area contributed by atoms with E-state index in [1.165, 1.54) is 12.1 Å². The summed E-state index contributed by atoms with van der Waals surface area (Å²) in [5, 5.41) is 5.08. The van der Waals surface area contributed by atoms with Crippen LogP contribution in [-0.4, -0.2) is 9.78 Å². The van der Waals surface area contributed by atoms with Gasteiger partial charge in [-0.05, 0) is 36.1 Å². The van der Waals surface area contributed by atoms with E-state index in [4.69, 9.17) is 11.6 Å². The Labute approximate surface area is 111 Å². The van der Waals surface area contributed by atoms with Crippen LogP contribution in [0.25, 0.3) is 0 Å². The summed E-state index contributed by atoms with van der Waals surface area (Å²) in [4.78, 5) is 0. The molecule has 0 saturated carbocycles. The minimum atomic E-state index is -0.231. The third-order valence-electron chi connectivity index (χ3n) is 2.64. The van der Waals surface area contributed by atoms with Crippen LogP contribution in [0.5, 0.6) is 0 Å². The number of benzene rings is 1. The molecule has 1 aromatic heterocycles. The predicted octanol–water partition coefficient (Wildman–Crippen LogP) is 3.92. The van der Waals surface area contributed by atoms with Gasteiger partial charge in [0.2, 0.25) is 0 Å². The lowest BCUT2D eigenvalue weighted by Crippen LogP contribution is -2.03. The first kappa shape index (κ1) is 13.1. The fourth-order valence-electron chi connectivity index (χ4n) is 1.84. The monoisotopic (exact) mass is 266 g/mol. The Balaban J connectivity index is 2.13. The maximum absolute atomic E-state index is 12.8. The van der Waals surface area contributed by atoms with Crippen LogP contribution in [0, 0.1) is 11.7 Å². The van der Waals surface area contributed by atoms with Crippen molar-refractivity contribution in [3.05, 3.63) is 52.6 Å². The zero-order valence-corrected chi connectivity index (χ0v) is 11.3. The van der Waals surface area contributed by atoms with E-state index in [-0.39, 0.29) is 5.82 Å². The molecule has 1 aromatic carbocycles. The Morgan fingerprint density at radius 3 is 2.56 bits per heavy atom. The zero-order chi connectivity index (χ0) is 13.1. The number of nitrogens with zero attached hydrogens (tertiary/aromatic N) is 2. The second-order valence-corrected chi connectivity index (χ2v) is 5.23. The summed E-state index contributed by atoms with van der Waals surface area (Å²) < 4.78 is 14.5. The van der Waals surface area contributed by atoms with Gasteiger partial charge in [-0.2, -0.15) is 5.10 Å². The molecular formula is C14H16ClFN2. The number of aromatic nitrogens is 2. The molecule has 0 saturated heterocycles. The Kier molecular flexibility index (Phi) is 4.02. The molecule has 4 heteroatoms. The van der Waals surface area contributed by atoms with Crippen molar-refractivity contribution in [3.63, 3.8) is 0 Å². The van der Waals surface area contributed by atoms with Gasteiger partial charge in [-0.3, -0.25) is 0 Å². The van der Waals surface area contributed by atoms with Crippen LogP contribution >= 0.6 is 11.6 Å². The largest absolute Gasteiger partial charge is 0.249 e. The zero-order valence-electron chi connectivity index (χ0n) is 10.5. The SMILES string of the molecule is CC(C)Cc1cc(Cl)n(Cc2ccc(F)cc2)n1. The highest BCUT2D eigenvalue weighted by atomic mass is 35.5. The summed E-state index contributed by atoms with van der Waals surface area (Å²) in [6.07, 6.45) is 0.913. The summed E-state index contributed by atoms with van der Waals surface area (Å²) in [5.41, 5.74) is 1.98. The van der Waals surface area contributed by atoms with E-state index >= 15 is 0 Å². The molecule has 0 aliphatic carbocycles. The number of halogens is 2. The molecule has 96 valence electrons. The topological polar surface area (TPSA) is 17.8 Å². The highest BCUT2D eigenvalue weighted by molar-refractivity contribution is 6.29. The third-order valence-corrected chi connectivity index (χ3v) is 2.95. The van der Waals surface area contributed by atoms with Gasteiger partial charge in [-0.15, -0.1) is 0 Å². The number of hydrogen-bond acceptors (Lipinski definition) is 1. The summed E-state index contributed by atoms with van der Waals surface area (Å²) in [7, 11) is 0. The molecule has 0 spiro atoms. The lowest BCUT2D eigenvalue weighted by atomic mass is 10.1. The smallest absolute Gasteiger partial charge is 0.127 e. The van der Waals surface area contributed by atoms with E-state index in [1.807, 2.05) is 6.07 Å². The molecule has 0 radical (unpaired) electrons. The van der Waals surface area contributed by atoms with Gasteiger partial charge in [-0.25, -0.2) is 9.07 Å². The quantitative estimate of drug-likeness (QED) is 0.820. The molecule has 0 atom stereocenters. The van der Waals surface area contributed by atoms with E-state index in [2.05, 4.69) is 18.9 Å². The normalized spacial score (nSPS) is 11.2. The molecule has 0 fully saturated rings. The summed E-state index contributed by atoms with van der Waals surface area (Å²) in [6, 6.07) is 8.28. The van der Waals surface area contributed by atoms with Crippen LogP contribution in [0.1, 0.15) is 25.1 Å². The van der Waals surface area contributed by atoms with Gasteiger partial charge in [0.05, 0.1) is 12.2 Å². The lowest BCUT2D eigenvalue weighted by Gasteiger charge is -2.04. The maximum atomic E-state index is 12.8. The Hall–Kier alpha value is -1.35. The molecule has 2 aromatic rings. The Bertz CT molecular complexity index is 517. The maximum Gasteiger partial charge on any atom is 0.127 e. The molecule has 0 N–H and O–H groups in total. The highest BCUT2D eigenvalue weighted by Crippen LogP contribution is 2.16. The van der Waals surface area contributed by atoms with Crippen molar-refractivity contribution in [1.29, 1.82) is 0 Å². The van der Waals surface area contributed by atoms with Crippen molar-refractivity contribution in [2.75, 3.05) is 0 Å². The van der Waals surface area contributed by atoms with Gasteiger partial charge < -0.3 is 0 Å². The van der Waals surface area contributed by atoms with Crippen LogP contribution < -0.4 is 0 Å². The van der Waals surface area contributed by atoms with Crippen LogP contribution in [0.4, 0.5) is 4.39 Å². The van der Waals surface area contributed by atoms with Crippen LogP contribution in [0.3, 0.4) is 0 Å². The van der Waals surface area contributed by atoms with Gasteiger partial charge in [0.25, 0.3) is 0 Å². The average molecular weight is 267 g/mol. The molecule has 0 unspecified atom stereocenters. The second kappa shape index (κ2) is 5.53. The van der Waals surface area contributed by atoms with Crippen molar-refractivity contribution < 1.29 is 4.39 Å². The summed E-state index contributed by atoms with van der Waals surface area (Å²) in [6.45, 7) is 4.86. The lowest BCUT2D eigenvalue weighted by molar-refractivity contribution is 0.605. The van der Waals surface area contributed by atoms with Crippen LogP contribution in [0.2, 0.25) is 5.15 Å². The van der Waals surface area contributed by atoms with Crippen molar-refractivity contribution in [3.8, 4) is 0 Å². The molecular weight excluding hydrogens is 251 g/mol. The highest BCUT2D eigenvalue weighted by Gasteiger charge is 2.08. The Morgan fingerprint density at radius 1 is 1.28 bits per heavy atom. The van der Waals surface area contributed by atoms with E-state index in [1.54, 1.807) is 16.8 Å². The van der Waals surface area contributed by atoms with E-state index < -0.39 is 0 Å². The average Bonchev–Trinajstić information content (AvgIpc) is 2.61. The van der Waals surface area contributed by atoms with Crippen LogP contribution in [0.15, 0.2) is 30.3 Å². The first-order valence-corrected chi connectivity index (χ1v) is 6.39. The number of rotatable bonds is 4. The molecule has 18 heavy (non-hydrogen) atoms. The first-order chi connectivity index (χ1) is 8.54. The molecule has 2 rings (SSSR count). The van der Waals surface area contributed by atoms with E-state index in [0.29, 0.717) is 17.6 Å². The molecule has 0 aliphatic rings. The van der Waals surface area contributed by atoms with Gasteiger partial charge in [0.1, 0.15) is 11.0 Å². The third kappa shape index (κ3) is 3.33. The Morgan fingerprint density at radius 2 is 1.94 bits per heavy atom.